The van der Waals surface area contributed by atoms with E-state index in [1.807, 2.05) is 13.0 Å². The predicted molar refractivity (Wildman–Crippen MR) is 73.1 cm³/mol. The van der Waals surface area contributed by atoms with E-state index >= 15 is 0 Å². The molecule has 0 fully saturated rings. The molecule has 0 saturated carbocycles. The van der Waals surface area contributed by atoms with Crippen molar-refractivity contribution in [3.63, 3.8) is 0 Å². The molecule has 0 radical (unpaired) electrons. The lowest BCUT2D eigenvalue weighted by molar-refractivity contribution is 0.101. The van der Waals surface area contributed by atoms with Crippen molar-refractivity contribution in [3.8, 4) is 11.5 Å². The number of benzene rings is 2. The second-order valence-electron chi connectivity index (χ2n) is 4.30. The number of hydrogen-bond donors (Lipinski definition) is 0. The van der Waals surface area contributed by atoms with E-state index in [9.17, 15) is 9.59 Å². The lowest BCUT2D eigenvalue weighted by Crippen LogP contribution is -1.97. The summed E-state index contributed by atoms with van der Waals surface area (Å²) in [6.07, 6.45) is 0.792. The van der Waals surface area contributed by atoms with Crippen molar-refractivity contribution in [2.45, 2.75) is 13.8 Å². The maximum absolute atomic E-state index is 11.5. The number of aryl methyl sites for hydroxylation is 1. The van der Waals surface area contributed by atoms with Gasteiger partial charge < -0.3 is 4.74 Å². The van der Waals surface area contributed by atoms with Gasteiger partial charge in [0.1, 0.15) is 17.8 Å². The normalized spacial score (nSPS) is 10.0. The van der Waals surface area contributed by atoms with Crippen LogP contribution in [-0.2, 0) is 0 Å². The van der Waals surface area contributed by atoms with Gasteiger partial charge in [-0.3, -0.25) is 9.59 Å². The summed E-state index contributed by atoms with van der Waals surface area (Å²) in [5.74, 6) is 1.12. The second kappa shape index (κ2) is 5.48. The van der Waals surface area contributed by atoms with Gasteiger partial charge in [-0.1, -0.05) is 12.1 Å². The van der Waals surface area contributed by atoms with Crippen molar-refractivity contribution in [1.82, 2.24) is 0 Å². The summed E-state index contributed by atoms with van der Waals surface area (Å²) in [6.45, 7) is 3.36. The Morgan fingerprint density at radius 2 is 1.84 bits per heavy atom. The molecule has 0 aliphatic rings. The van der Waals surface area contributed by atoms with Gasteiger partial charge >= 0.3 is 0 Å². The fraction of sp³-hybridized carbons (Fsp3) is 0.125. The highest BCUT2D eigenvalue weighted by atomic mass is 16.5. The lowest BCUT2D eigenvalue weighted by Gasteiger charge is -2.11. The Labute approximate surface area is 111 Å². The molecule has 0 unspecified atom stereocenters. The SMILES string of the molecule is CC(=O)c1ccccc1Oc1ccc(C=O)cc1C. The number of carbonyl (C=O) groups is 2. The second-order valence-corrected chi connectivity index (χ2v) is 4.30. The molecule has 0 N–H and O–H groups in total. The number of para-hydroxylation sites is 1. The average molecular weight is 254 g/mol. The third-order valence-electron chi connectivity index (χ3n) is 2.82. The molecular formula is C16H14O3. The molecule has 0 heterocycles. The number of Topliss-reactive ketones (excluding diaryl/α,β-unsaturated/α-hetero) is 1. The Kier molecular flexibility index (Phi) is 3.76. The van der Waals surface area contributed by atoms with Crippen molar-refractivity contribution in [3.05, 3.63) is 59.2 Å². The van der Waals surface area contributed by atoms with Crippen LogP contribution >= 0.6 is 0 Å². The van der Waals surface area contributed by atoms with E-state index in [0.717, 1.165) is 11.8 Å². The van der Waals surface area contributed by atoms with Crippen LogP contribution in [0.1, 0.15) is 33.2 Å². The monoisotopic (exact) mass is 254 g/mol. The first-order chi connectivity index (χ1) is 9.11. The molecule has 96 valence electrons. The molecular weight excluding hydrogens is 240 g/mol. The van der Waals surface area contributed by atoms with Gasteiger partial charge in [0.15, 0.2) is 5.78 Å². The molecule has 2 aromatic carbocycles. The van der Waals surface area contributed by atoms with Gasteiger partial charge in [0, 0.05) is 5.56 Å². The summed E-state index contributed by atoms with van der Waals surface area (Å²) in [7, 11) is 0. The zero-order chi connectivity index (χ0) is 13.8. The van der Waals surface area contributed by atoms with Crippen molar-refractivity contribution in [2.24, 2.45) is 0 Å². The van der Waals surface area contributed by atoms with Gasteiger partial charge in [-0.25, -0.2) is 0 Å². The summed E-state index contributed by atoms with van der Waals surface area (Å²) < 4.78 is 5.76. The van der Waals surface area contributed by atoms with E-state index in [-0.39, 0.29) is 5.78 Å². The molecule has 0 aliphatic heterocycles. The van der Waals surface area contributed by atoms with Crippen LogP contribution in [0.5, 0.6) is 11.5 Å². The summed E-state index contributed by atoms with van der Waals surface area (Å²) in [5.41, 5.74) is 1.99. The first kappa shape index (κ1) is 13.0. The third-order valence-corrected chi connectivity index (χ3v) is 2.82. The quantitative estimate of drug-likeness (QED) is 0.615. The summed E-state index contributed by atoms with van der Waals surface area (Å²) >= 11 is 0. The first-order valence-corrected chi connectivity index (χ1v) is 5.95. The van der Waals surface area contributed by atoms with Crippen LogP contribution in [0.3, 0.4) is 0 Å². The van der Waals surface area contributed by atoms with Gasteiger partial charge in [-0.05, 0) is 49.7 Å². The number of aldehydes is 1. The smallest absolute Gasteiger partial charge is 0.163 e. The summed E-state index contributed by atoms with van der Waals surface area (Å²) in [5, 5.41) is 0. The molecule has 0 amide bonds. The zero-order valence-electron chi connectivity index (χ0n) is 10.8. The number of ether oxygens (including phenoxy) is 1. The number of rotatable bonds is 4. The molecule has 0 bridgehead atoms. The van der Waals surface area contributed by atoms with Crippen LogP contribution in [0.15, 0.2) is 42.5 Å². The van der Waals surface area contributed by atoms with Crippen molar-refractivity contribution in [1.29, 1.82) is 0 Å². The molecule has 0 aromatic heterocycles. The molecule has 0 atom stereocenters. The predicted octanol–water partition coefficient (Wildman–Crippen LogP) is 3.80. The van der Waals surface area contributed by atoms with Crippen LogP contribution in [-0.4, -0.2) is 12.1 Å². The fourth-order valence-electron chi connectivity index (χ4n) is 1.83. The van der Waals surface area contributed by atoms with Crippen LogP contribution < -0.4 is 4.74 Å². The molecule has 0 aliphatic carbocycles. The molecule has 0 spiro atoms. The Bertz CT molecular complexity index is 630. The molecule has 0 saturated heterocycles. The number of carbonyl (C=O) groups excluding carboxylic acids is 2. The Hall–Kier alpha value is -2.42. The van der Waals surface area contributed by atoms with Crippen LogP contribution in [0.2, 0.25) is 0 Å². The highest BCUT2D eigenvalue weighted by Gasteiger charge is 2.09. The Balaban J connectivity index is 2.36. The zero-order valence-corrected chi connectivity index (χ0v) is 10.8. The fourth-order valence-corrected chi connectivity index (χ4v) is 1.83. The summed E-state index contributed by atoms with van der Waals surface area (Å²) in [6, 6.07) is 12.3. The molecule has 2 aromatic rings. The maximum atomic E-state index is 11.5. The molecule has 2 rings (SSSR count). The highest BCUT2D eigenvalue weighted by Crippen LogP contribution is 2.28. The number of ketones is 1. The van der Waals surface area contributed by atoms with E-state index in [1.54, 1.807) is 36.4 Å². The van der Waals surface area contributed by atoms with Gasteiger partial charge in [-0.15, -0.1) is 0 Å². The summed E-state index contributed by atoms with van der Waals surface area (Å²) in [4.78, 5) is 22.2. The topological polar surface area (TPSA) is 43.4 Å². The highest BCUT2D eigenvalue weighted by molar-refractivity contribution is 5.96. The average Bonchev–Trinajstić information content (AvgIpc) is 2.41. The lowest BCUT2D eigenvalue weighted by atomic mass is 10.1. The van der Waals surface area contributed by atoms with Crippen molar-refractivity contribution >= 4 is 12.1 Å². The van der Waals surface area contributed by atoms with E-state index < -0.39 is 0 Å². The van der Waals surface area contributed by atoms with Gasteiger partial charge in [0.25, 0.3) is 0 Å². The first-order valence-electron chi connectivity index (χ1n) is 5.95. The van der Waals surface area contributed by atoms with Crippen LogP contribution in [0.4, 0.5) is 0 Å². The van der Waals surface area contributed by atoms with Crippen LogP contribution in [0, 0.1) is 6.92 Å². The maximum Gasteiger partial charge on any atom is 0.163 e. The van der Waals surface area contributed by atoms with Crippen molar-refractivity contribution in [2.75, 3.05) is 0 Å². The molecule has 3 heteroatoms. The van der Waals surface area contributed by atoms with E-state index in [0.29, 0.717) is 22.6 Å². The van der Waals surface area contributed by atoms with E-state index in [2.05, 4.69) is 0 Å². The van der Waals surface area contributed by atoms with Gasteiger partial charge in [-0.2, -0.15) is 0 Å². The minimum absolute atomic E-state index is 0.0437. The van der Waals surface area contributed by atoms with E-state index in [1.165, 1.54) is 6.92 Å². The van der Waals surface area contributed by atoms with Gasteiger partial charge in [0.2, 0.25) is 0 Å². The molecule has 3 nitrogen and oxygen atoms in total. The van der Waals surface area contributed by atoms with Crippen LogP contribution in [0.25, 0.3) is 0 Å². The third kappa shape index (κ3) is 2.88. The largest absolute Gasteiger partial charge is 0.456 e. The minimum atomic E-state index is -0.0437. The standard InChI is InChI=1S/C16H14O3/c1-11-9-13(10-17)7-8-15(11)19-16-6-4-3-5-14(16)12(2)18/h3-10H,1-2H3. The Morgan fingerprint density at radius 1 is 1.11 bits per heavy atom. The van der Waals surface area contributed by atoms with Gasteiger partial charge in [0.05, 0.1) is 5.56 Å². The number of hydrogen-bond acceptors (Lipinski definition) is 3. The minimum Gasteiger partial charge on any atom is -0.456 e. The molecule has 19 heavy (non-hydrogen) atoms. The van der Waals surface area contributed by atoms with Crippen molar-refractivity contribution < 1.29 is 14.3 Å². The van der Waals surface area contributed by atoms with E-state index in [4.69, 9.17) is 4.74 Å². The Morgan fingerprint density at radius 3 is 2.47 bits per heavy atom.